The van der Waals surface area contributed by atoms with Gasteiger partial charge in [-0.15, -0.1) is 0 Å². The van der Waals surface area contributed by atoms with Crippen LogP contribution in [0, 0.1) is 35.5 Å². The number of allylic oxidation sites excluding steroid dienone is 2. The van der Waals surface area contributed by atoms with Crippen molar-refractivity contribution in [1.29, 1.82) is 0 Å². The molecule has 0 radical (unpaired) electrons. The molecule has 0 bridgehead atoms. The summed E-state index contributed by atoms with van der Waals surface area (Å²) in [6, 6.07) is 0. The van der Waals surface area contributed by atoms with E-state index in [-0.39, 0.29) is 55.7 Å². The highest BCUT2D eigenvalue weighted by Crippen LogP contribution is 2.48. The first-order chi connectivity index (χ1) is 24.3. The zero-order valence-corrected chi connectivity index (χ0v) is 31.9. The smallest absolute Gasteiger partial charge is 0.167 e. The molecule has 0 amide bonds. The third-order valence-electron chi connectivity index (χ3n) is 11.1. The molecule has 0 aliphatic carbocycles. The van der Waals surface area contributed by atoms with Gasteiger partial charge < -0.3 is 55.1 Å². The minimum absolute atomic E-state index is 0.0236. The lowest BCUT2D eigenvalue weighted by Crippen LogP contribution is -2.53. The van der Waals surface area contributed by atoms with Gasteiger partial charge >= 0.3 is 0 Å². The SMILES string of the molecule is C/C=C\[C@H](C)[C@H]1O[C@]1(C)[C@@H](O)[C@@H](CO)C(=O)[C@@H](CO)[C@@H](O)CC(=O)CC.C/C=C\[C@H](C)[C@H]1O[C@]1(C)[C@@H](O)[C@@H](CO)C(=O)[C@H]1COC(O)(CC)C[C@@H]1O. The van der Waals surface area contributed by atoms with Crippen LogP contribution in [0.15, 0.2) is 24.3 Å². The Bertz CT molecular complexity index is 1240. The maximum atomic E-state index is 12.8. The van der Waals surface area contributed by atoms with Crippen LogP contribution >= 0.6 is 0 Å². The van der Waals surface area contributed by atoms with Gasteiger partial charge in [-0.2, -0.15) is 0 Å². The van der Waals surface area contributed by atoms with Crippen LogP contribution in [0.5, 0.6) is 0 Å². The fourth-order valence-electron chi connectivity index (χ4n) is 7.39. The molecule has 8 N–H and O–H groups in total. The number of Topliss-reactive ketones (excluding diaryl/α,β-unsaturated/α-hetero) is 3. The standard InChI is InChI=1S/2C19H32O7/c1-5-7-11(3)17-18(4,26-17)16(23)12(9-20)15(22)13-10-25-19(24,6-2)8-14(13)21;1-5-7-11(3)18-19(4,26-18)17(25)14(10-21)16(24)13(9-20)15(23)8-12(22)6-2/h5,7,11-14,16-17,20-21,23-24H,6,8-10H2,1-4H3;5,7,11,13-15,17-18,20-21,23,25H,6,8-10H2,1-4H3/b2*7-5-/t11-,12-,13-,14-,16-,17+,18+,19?;11-,13-,14-,15-,17-,18+,19+/m00/s1. The molecule has 3 rings (SSSR count). The molecule has 1 unspecified atom stereocenters. The molecule has 14 nitrogen and oxygen atoms in total. The summed E-state index contributed by atoms with van der Waals surface area (Å²) in [5, 5.41) is 80.8. The summed E-state index contributed by atoms with van der Waals surface area (Å²) >= 11 is 0. The van der Waals surface area contributed by atoms with Gasteiger partial charge in [0.05, 0.1) is 86.7 Å². The molecule has 0 aromatic rings. The largest absolute Gasteiger partial charge is 0.396 e. The van der Waals surface area contributed by atoms with Crippen LogP contribution in [0.4, 0.5) is 0 Å². The first kappa shape index (κ1) is 46.2. The number of hydrogen-bond donors (Lipinski definition) is 8. The first-order valence-corrected chi connectivity index (χ1v) is 18.4. The topological polar surface area (TPSA) is 247 Å². The van der Waals surface area contributed by atoms with E-state index in [0.29, 0.717) is 6.42 Å². The van der Waals surface area contributed by atoms with Crippen LogP contribution in [-0.4, -0.2) is 138 Å². The molecule has 3 heterocycles. The summed E-state index contributed by atoms with van der Waals surface area (Å²) in [7, 11) is 0. The fraction of sp³-hybridized carbons (Fsp3) is 0.816. The van der Waals surface area contributed by atoms with Crippen molar-refractivity contribution < 1.29 is 69.4 Å². The van der Waals surface area contributed by atoms with Crippen LogP contribution in [0.25, 0.3) is 0 Å². The Kier molecular flexibility index (Phi) is 17.4. The minimum Gasteiger partial charge on any atom is -0.396 e. The van der Waals surface area contributed by atoms with E-state index in [1.165, 1.54) is 0 Å². The Morgan fingerprint density at radius 1 is 0.808 bits per heavy atom. The number of carbonyl (C=O) groups excluding carboxylic acids is 3. The number of ketones is 3. The molecule has 52 heavy (non-hydrogen) atoms. The zero-order chi connectivity index (χ0) is 39.8. The highest BCUT2D eigenvalue weighted by atomic mass is 16.6. The predicted molar refractivity (Wildman–Crippen MR) is 189 cm³/mol. The molecule has 3 fully saturated rings. The van der Waals surface area contributed by atoms with Crippen molar-refractivity contribution in [2.75, 3.05) is 26.4 Å². The number of epoxide rings is 2. The molecule has 14 heteroatoms. The van der Waals surface area contributed by atoms with Gasteiger partial charge in [0.25, 0.3) is 0 Å². The van der Waals surface area contributed by atoms with Gasteiger partial charge in [0, 0.05) is 31.1 Å². The van der Waals surface area contributed by atoms with E-state index in [0.717, 1.165) is 0 Å². The quantitative estimate of drug-likeness (QED) is 0.0630. The molecular formula is C38H64O14. The monoisotopic (exact) mass is 744 g/mol. The molecule has 0 aromatic heterocycles. The molecule has 3 aliphatic heterocycles. The third-order valence-corrected chi connectivity index (χ3v) is 11.1. The number of carbonyl (C=O) groups is 3. The van der Waals surface area contributed by atoms with Crippen molar-refractivity contribution in [3.05, 3.63) is 24.3 Å². The van der Waals surface area contributed by atoms with E-state index >= 15 is 0 Å². The molecular weight excluding hydrogens is 680 g/mol. The van der Waals surface area contributed by atoms with Crippen LogP contribution < -0.4 is 0 Å². The second kappa shape index (κ2) is 19.6. The van der Waals surface area contributed by atoms with Gasteiger partial charge in [-0.1, -0.05) is 52.0 Å². The predicted octanol–water partition coefficient (Wildman–Crippen LogP) is 0.624. The molecule has 3 saturated heterocycles. The summed E-state index contributed by atoms with van der Waals surface area (Å²) < 4.78 is 16.7. The van der Waals surface area contributed by atoms with Gasteiger partial charge in [0.1, 0.15) is 28.6 Å². The molecule has 0 spiro atoms. The Balaban J connectivity index is 0.000000360. The van der Waals surface area contributed by atoms with Gasteiger partial charge in [0.2, 0.25) is 0 Å². The average molecular weight is 745 g/mol. The highest BCUT2D eigenvalue weighted by molar-refractivity contribution is 5.86. The average Bonchev–Trinajstić information content (AvgIpc) is 4.00. The lowest BCUT2D eigenvalue weighted by molar-refractivity contribution is -0.258. The minimum atomic E-state index is -1.44. The zero-order valence-electron chi connectivity index (χ0n) is 31.9. The van der Waals surface area contributed by atoms with Crippen LogP contribution in [0.1, 0.15) is 81.1 Å². The summed E-state index contributed by atoms with van der Waals surface area (Å²) in [4.78, 5) is 37.1. The summed E-state index contributed by atoms with van der Waals surface area (Å²) in [6.45, 7) is 12.4. The van der Waals surface area contributed by atoms with Crippen molar-refractivity contribution >= 4 is 17.3 Å². The fourth-order valence-corrected chi connectivity index (χ4v) is 7.39. The Morgan fingerprint density at radius 2 is 1.27 bits per heavy atom. The van der Waals surface area contributed by atoms with Gasteiger partial charge in [-0.3, -0.25) is 14.4 Å². The molecule has 300 valence electrons. The van der Waals surface area contributed by atoms with Crippen LogP contribution in [0.2, 0.25) is 0 Å². The van der Waals surface area contributed by atoms with E-state index in [2.05, 4.69) is 0 Å². The van der Waals surface area contributed by atoms with Crippen LogP contribution in [-0.2, 0) is 28.6 Å². The second-order valence-electron chi connectivity index (χ2n) is 14.9. The summed E-state index contributed by atoms with van der Waals surface area (Å²) in [5.74, 6) is -7.18. The number of rotatable bonds is 20. The number of aliphatic hydroxyl groups is 8. The van der Waals surface area contributed by atoms with E-state index in [9.17, 15) is 55.2 Å². The summed E-state index contributed by atoms with van der Waals surface area (Å²) in [5.41, 5.74) is -1.92. The number of aliphatic hydroxyl groups excluding tert-OH is 7. The van der Waals surface area contributed by atoms with Gasteiger partial charge in [-0.25, -0.2) is 0 Å². The first-order valence-electron chi connectivity index (χ1n) is 18.4. The molecule has 15 atom stereocenters. The lowest BCUT2D eigenvalue weighted by Gasteiger charge is -2.39. The Morgan fingerprint density at radius 3 is 1.65 bits per heavy atom. The molecule has 3 aliphatic rings. The third kappa shape index (κ3) is 10.6. The van der Waals surface area contributed by atoms with E-state index < -0.39 is 96.5 Å². The highest BCUT2D eigenvalue weighted by Gasteiger charge is 2.63. The summed E-state index contributed by atoms with van der Waals surface area (Å²) in [6.07, 6.45) is 2.37. The van der Waals surface area contributed by atoms with E-state index in [1.807, 2.05) is 52.0 Å². The lowest BCUT2D eigenvalue weighted by atomic mass is 9.78. The normalized spacial score (nSPS) is 34.7. The Labute approximate surface area is 307 Å². The van der Waals surface area contributed by atoms with E-state index in [1.54, 1.807) is 27.7 Å². The van der Waals surface area contributed by atoms with Gasteiger partial charge in [-0.05, 0) is 34.1 Å². The maximum absolute atomic E-state index is 12.8. The van der Waals surface area contributed by atoms with Crippen LogP contribution in [0.3, 0.4) is 0 Å². The maximum Gasteiger partial charge on any atom is 0.167 e. The van der Waals surface area contributed by atoms with Crippen molar-refractivity contribution in [3.8, 4) is 0 Å². The number of ether oxygens (including phenoxy) is 3. The van der Waals surface area contributed by atoms with Crippen molar-refractivity contribution in [3.63, 3.8) is 0 Å². The van der Waals surface area contributed by atoms with Crippen molar-refractivity contribution in [2.24, 2.45) is 35.5 Å². The molecule has 0 aromatic carbocycles. The van der Waals surface area contributed by atoms with Gasteiger partial charge in [0.15, 0.2) is 5.79 Å². The van der Waals surface area contributed by atoms with Crippen molar-refractivity contribution in [1.82, 2.24) is 0 Å². The van der Waals surface area contributed by atoms with E-state index in [4.69, 9.17) is 14.2 Å². The Hall–Kier alpha value is -1.95. The van der Waals surface area contributed by atoms with Crippen molar-refractivity contribution in [2.45, 2.75) is 135 Å². The molecule has 0 saturated carbocycles. The second-order valence-corrected chi connectivity index (χ2v) is 14.9. The number of hydrogen-bond acceptors (Lipinski definition) is 14.